The number of fused-ring (bicyclic) bond motifs is 1. The van der Waals surface area contributed by atoms with Gasteiger partial charge in [0, 0.05) is 31.8 Å². The van der Waals surface area contributed by atoms with Crippen molar-refractivity contribution in [1.29, 1.82) is 0 Å². The van der Waals surface area contributed by atoms with Gasteiger partial charge in [-0.05, 0) is 46.5 Å². The summed E-state index contributed by atoms with van der Waals surface area (Å²) in [5.41, 5.74) is 4.43. The minimum absolute atomic E-state index is 0.0250. The smallest absolute Gasteiger partial charge is 0.305 e. The molecule has 0 saturated carbocycles. The second kappa shape index (κ2) is 10.5. The molecule has 29 heavy (non-hydrogen) atoms. The Hall–Kier alpha value is -2.30. The summed E-state index contributed by atoms with van der Waals surface area (Å²) in [5.74, 6) is -0.844. The van der Waals surface area contributed by atoms with Crippen molar-refractivity contribution in [2.75, 3.05) is 0 Å². The van der Waals surface area contributed by atoms with Crippen LogP contribution in [0.15, 0.2) is 47.3 Å². The van der Waals surface area contributed by atoms with E-state index in [1.54, 1.807) is 6.26 Å². The summed E-state index contributed by atoms with van der Waals surface area (Å²) >= 11 is 0. The van der Waals surface area contributed by atoms with Crippen LogP contribution >= 0.6 is 0 Å². The van der Waals surface area contributed by atoms with Crippen LogP contribution in [-0.2, 0) is 23.8 Å². The van der Waals surface area contributed by atoms with E-state index in [-0.39, 0.29) is 23.8 Å². The van der Waals surface area contributed by atoms with Gasteiger partial charge in [-0.25, -0.2) is 0 Å². The fourth-order valence-corrected chi connectivity index (χ4v) is 4.07. The van der Waals surface area contributed by atoms with Gasteiger partial charge < -0.3 is 14.2 Å². The summed E-state index contributed by atoms with van der Waals surface area (Å²) in [6.07, 6.45) is 8.92. The first-order valence-electron chi connectivity index (χ1n) is 10.4. The Balaban J connectivity index is 2.45. The zero-order valence-electron chi connectivity index (χ0n) is 18.3. The highest BCUT2D eigenvalue weighted by Crippen LogP contribution is 2.43. The first-order valence-corrected chi connectivity index (χ1v) is 10.4. The van der Waals surface area contributed by atoms with Gasteiger partial charge in [-0.15, -0.1) is 0 Å². The first kappa shape index (κ1) is 23.0. The van der Waals surface area contributed by atoms with E-state index in [9.17, 15) is 9.59 Å². The molecule has 2 rings (SSSR count). The molecule has 0 amide bonds. The number of hydrogen-bond donors (Lipinski definition) is 0. The van der Waals surface area contributed by atoms with E-state index >= 15 is 0 Å². The van der Waals surface area contributed by atoms with Crippen LogP contribution < -0.4 is 0 Å². The topological polar surface area (TPSA) is 61.8 Å². The Bertz CT molecular complexity index is 724. The van der Waals surface area contributed by atoms with Crippen LogP contribution in [0.25, 0.3) is 0 Å². The highest BCUT2D eigenvalue weighted by molar-refractivity contribution is 5.67. The molecule has 0 bridgehead atoms. The standard InChI is InChI=1S/C24H34O5/c1-15(2)10-13-22(28-18(5)25)21-14-27-24(29-19(6)26)23-17(4)9-7-8-16(3)11-12-20(21)23/h8,10,14,20,22-24H,4,7,9,11-13H2,1-3,5-6H3/b16-8-/t20-,22-,23+,24-/m1/s1. The van der Waals surface area contributed by atoms with Gasteiger partial charge >= 0.3 is 11.9 Å². The molecule has 0 saturated heterocycles. The predicted molar refractivity (Wildman–Crippen MR) is 113 cm³/mol. The molecule has 0 aromatic carbocycles. The number of hydrogen-bond acceptors (Lipinski definition) is 5. The molecule has 5 nitrogen and oxygen atoms in total. The van der Waals surface area contributed by atoms with Gasteiger partial charge in [0.25, 0.3) is 0 Å². The molecule has 0 radical (unpaired) electrons. The van der Waals surface area contributed by atoms with Crippen LogP contribution in [0, 0.1) is 11.8 Å². The molecule has 0 spiro atoms. The van der Waals surface area contributed by atoms with Gasteiger partial charge in [-0.1, -0.05) is 35.5 Å². The van der Waals surface area contributed by atoms with Crippen LogP contribution in [0.5, 0.6) is 0 Å². The molecule has 4 atom stereocenters. The molecule has 160 valence electrons. The van der Waals surface area contributed by atoms with E-state index in [2.05, 4.69) is 25.7 Å². The van der Waals surface area contributed by atoms with E-state index in [4.69, 9.17) is 14.2 Å². The Morgan fingerprint density at radius 2 is 1.97 bits per heavy atom. The summed E-state index contributed by atoms with van der Waals surface area (Å²) in [7, 11) is 0. The lowest BCUT2D eigenvalue weighted by Gasteiger charge is -2.40. The number of ether oxygens (including phenoxy) is 3. The third-order valence-electron chi connectivity index (χ3n) is 5.47. The molecular formula is C24H34O5. The Kier molecular flexibility index (Phi) is 8.30. The van der Waals surface area contributed by atoms with Crippen LogP contribution in [0.4, 0.5) is 0 Å². The van der Waals surface area contributed by atoms with Crippen molar-refractivity contribution in [2.45, 2.75) is 79.1 Å². The third-order valence-corrected chi connectivity index (χ3v) is 5.47. The highest BCUT2D eigenvalue weighted by Gasteiger charge is 2.42. The molecule has 1 aliphatic carbocycles. The molecule has 2 aliphatic rings. The summed E-state index contributed by atoms with van der Waals surface area (Å²) in [4.78, 5) is 23.5. The van der Waals surface area contributed by atoms with Crippen LogP contribution in [0.1, 0.15) is 66.7 Å². The maximum absolute atomic E-state index is 11.8. The fourth-order valence-electron chi connectivity index (χ4n) is 4.07. The van der Waals surface area contributed by atoms with Crippen molar-refractivity contribution >= 4 is 11.9 Å². The normalized spacial score (nSPS) is 27.3. The van der Waals surface area contributed by atoms with Crippen molar-refractivity contribution < 1.29 is 23.8 Å². The SMILES string of the molecule is C=C1CC/C=C(/C)CC[C@@H]2C([C@@H](CC=C(C)C)OC(C)=O)=CO[C@H](OC(C)=O)[C@@H]12. The van der Waals surface area contributed by atoms with Crippen molar-refractivity contribution in [3.05, 3.63) is 47.3 Å². The number of esters is 2. The average Bonchev–Trinajstić information content (AvgIpc) is 2.68. The van der Waals surface area contributed by atoms with Crippen LogP contribution in [0.2, 0.25) is 0 Å². The van der Waals surface area contributed by atoms with Crippen molar-refractivity contribution in [2.24, 2.45) is 11.8 Å². The van der Waals surface area contributed by atoms with Gasteiger partial charge in [0.1, 0.15) is 6.10 Å². The zero-order chi connectivity index (χ0) is 21.6. The summed E-state index contributed by atoms with van der Waals surface area (Å²) in [5, 5.41) is 0. The van der Waals surface area contributed by atoms with Crippen molar-refractivity contribution in [1.82, 2.24) is 0 Å². The maximum Gasteiger partial charge on any atom is 0.305 e. The number of carbonyl (C=O) groups is 2. The van der Waals surface area contributed by atoms with Gasteiger partial charge in [-0.3, -0.25) is 9.59 Å². The molecular weight excluding hydrogens is 368 g/mol. The minimum Gasteiger partial charge on any atom is -0.462 e. The Morgan fingerprint density at radius 3 is 2.59 bits per heavy atom. The molecule has 0 N–H and O–H groups in total. The summed E-state index contributed by atoms with van der Waals surface area (Å²) in [6, 6.07) is 0. The molecule has 0 unspecified atom stereocenters. The lowest BCUT2D eigenvalue weighted by Crippen LogP contribution is -2.41. The molecule has 1 heterocycles. The lowest BCUT2D eigenvalue weighted by atomic mass is 9.74. The minimum atomic E-state index is -0.700. The van der Waals surface area contributed by atoms with Crippen LogP contribution in [0.3, 0.4) is 0 Å². The van der Waals surface area contributed by atoms with Crippen LogP contribution in [-0.4, -0.2) is 24.3 Å². The Morgan fingerprint density at radius 1 is 1.24 bits per heavy atom. The van der Waals surface area contributed by atoms with Crippen molar-refractivity contribution in [3.63, 3.8) is 0 Å². The quantitative estimate of drug-likeness (QED) is 0.456. The summed E-state index contributed by atoms with van der Waals surface area (Å²) in [6.45, 7) is 13.3. The summed E-state index contributed by atoms with van der Waals surface area (Å²) < 4.78 is 17.1. The monoisotopic (exact) mass is 402 g/mol. The van der Waals surface area contributed by atoms with Gasteiger partial charge in [0.15, 0.2) is 0 Å². The van der Waals surface area contributed by atoms with Gasteiger partial charge in [0.05, 0.1) is 12.2 Å². The number of rotatable bonds is 5. The second-order valence-corrected chi connectivity index (χ2v) is 8.27. The average molecular weight is 403 g/mol. The second-order valence-electron chi connectivity index (χ2n) is 8.27. The van der Waals surface area contributed by atoms with E-state index < -0.39 is 12.4 Å². The van der Waals surface area contributed by atoms with E-state index in [1.165, 1.54) is 19.4 Å². The van der Waals surface area contributed by atoms with Gasteiger partial charge in [0.2, 0.25) is 6.29 Å². The van der Waals surface area contributed by atoms with Gasteiger partial charge in [-0.2, -0.15) is 0 Å². The van der Waals surface area contributed by atoms with E-state index in [0.717, 1.165) is 42.4 Å². The molecule has 0 aromatic rings. The molecule has 5 heteroatoms. The van der Waals surface area contributed by atoms with E-state index in [0.29, 0.717) is 6.42 Å². The van der Waals surface area contributed by atoms with E-state index in [1.807, 2.05) is 13.8 Å². The lowest BCUT2D eigenvalue weighted by molar-refractivity contribution is -0.181. The molecule has 1 aliphatic heterocycles. The number of carbonyl (C=O) groups excluding carboxylic acids is 2. The number of allylic oxidation sites excluding steroid dienone is 3. The van der Waals surface area contributed by atoms with Crippen molar-refractivity contribution in [3.8, 4) is 0 Å². The maximum atomic E-state index is 11.8. The third kappa shape index (κ3) is 6.62. The largest absolute Gasteiger partial charge is 0.462 e. The highest BCUT2D eigenvalue weighted by atomic mass is 16.7. The molecule has 0 fully saturated rings. The zero-order valence-corrected chi connectivity index (χ0v) is 18.3. The first-order chi connectivity index (χ1) is 13.7. The fraction of sp³-hybridized carbons (Fsp3) is 0.583. The molecule has 0 aromatic heterocycles. The predicted octanol–water partition coefficient (Wildman–Crippen LogP) is 5.39. The Labute approximate surface area is 174 Å².